The van der Waals surface area contributed by atoms with E-state index in [4.69, 9.17) is 0 Å². The zero-order chi connectivity index (χ0) is 14.9. The summed E-state index contributed by atoms with van der Waals surface area (Å²) in [5, 5.41) is 10.8. The second kappa shape index (κ2) is 6.37. The Labute approximate surface area is 129 Å². The molecule has 21 heavy (non-hydrogen) atoms. The number of likely N-dealkylation sites (tertiary alicyclic amines) is 1. The fraction of sp³-hybridized carbons (Fsp3) is 0.944. The summed E-state index contributed by atoms with van der Waals surface area (Å²) in [6.07, 6.45) is 9.74. The first-order chi connectivity index (χ1) is 10.1. The van der Waals surface area contributed by atoms with E-state index in [9.17, 15) is 9.90 Å². The standard InChI is InChI=1S/C18H31NO2/c1-2-14-6-7-17(20)15(11-14)12-19-10-9-18(21)8-4-3-5-16(18)13-19/h14-16,21H,2-13H2,1H3. The van der Waals surface area contributed by atoms with Gasteiger partial charge in [-0.2, -0.15) is 0 Å². The van der Waals surface area contributed by atoms with Gasteiger partial charge < -0.3 is 10.0 Å². The Kier molecular flexibility index (Phi) is 4.70. The van der Waals surface area contributed by atoms with Crippen molar-refractivity contribution in [3.05, 3.63) is 0 Å². The first kappa shape index (κ1) is 15.5. The molecule has 1 heterocycles. The fourth-order valence-electron chi connectivity index (χ4n) is 4.87. The number of fused-ring (bicyclic) bond motifs is 1. The van der Waals surface area contributed by atoms with Gasteiger partial charge in [0.25, 0.3) is 0 Å². The van der Waals surface area contributed by atoms with Crippen LogP contribution in [0.1, 0.15) is 64.7 Å². The van der Waals surface area contributed by atoms with E-state index in [-0.39, 0.29) is 5.92 Å². The van der Waals surface area contributed by atoms with Gasteiger partial charge in [0.1, 0.15) is 5.78 Å². The lowest BCUT2D eigenvalue weighted by Crippen LogP contribution is -2.54. The zero-order valence-electron chi connectivity index (χ0n) is 13.5. The molecule has 3 fully saturated rings. The summed E-state index contributed by atoms with van der Waals surface area (Å²) in [5.41, 5.74) is -0.392. The number of nitrogens with zero attached hydrogens (tertiary/aromatic N) is 1. The number of hydrogen-bond donors (Lipinski definition) is 1. The Morgan fingerprint density at radius 3 is 2.95 bits per heavy atom. The van der Waals surface area contributed by atoms with Gasteiger partial charge in [-0.15, -0.1) is 0 Å². The summed E-state index contributed by atoms with van der Waals surface area (Å²) in [5.74, 6) is 1.95. The second-order valence-corrected chi connectivity index (χ2v) is 7.77. The maximum absolute atomic E-state index is 12.2. The molecule has 1 aliphatic heterocycles. The highest BCUT2D eigenvalue weighted by molar-refractivity contribution is 5.81. The molecule has 3 heteroatoms. The highest BCUT2D eigenvalue weighted by atomic mass is 16.3. The number of Topliss-reactive ketones (excluding diaryl/α,β-unsaturated/α-hetero) is 1. The number of hydrogen-bond acceptors (Lipinski definition) is 3. The molecule has 3 nitrogen and oxygen atoms in total. The predicted molar refractivity (Wildman–Crippen MR) is 84.1 cm³/mol. The molecule has 3 rings (SSSR count). The van der Waals surface area contributed by atoms with Crippen LogP contribution in [0.15, 0.2) is 0 Å². The Hall–Kier alpha value is -0.410. The van der Waals surface area contributed by atoms with E-state index in [1.54, 1.807) is 0 Å². The van der Waals surface area contributed by atoms with Crippen molar-refractivity contribution >= 4 is 5.78 Å². The molecule has 1 saturated heterocycles. The highest BCUT2D eigenvalue weighted by Crippen LogP contribution is 2.40. The van der Waals surface area contributed by atoms with Crippen LogP contribution in [0.4, 0.5) is 0 Å². The molecule has 2 aliphatic carbocycles. The van der Waals surface area contributed by atoms with Crippen LogP contribution in [-0.4, -0.2) is 41.0 Å². The number of rotatable bonds is 3. The molecular weight excluding hydrogens is 262 g/mol. The monoisotopic (exact) mass is 293 g/mol. The van der Waals surface area contributed by atoms with Crippen molar-refractivity contribution in [2.24, 2.45) is 17.8 Å². The molecule has 0 bridgehead atoms. The molecule has 0 aromatic carbocycles. The van der Waals surface area contributed by atoms with Gasteiger partial charge in [0.15, 0.2) is 0 Å². The molecule has 0 aromatic rings. The van der Waals surface area contributed by atoms with E-state index in [0.717, 1.165) is 57.7 Å². The highest BCUT2D eigenvalue weighted by Gasteiger charge is 2.43. The van der Waals surface area contributed by atoms with E-state index in [2.05, 4.69) is 11.8 Å². The van der Waals surface area contributed by atoms with E-state index in [1.807, 2.05) is 0 Å². The van der Waals surface area contributed by atoms with Gasteiger partial charge in [-0.05, 0) is 38.0 Å². The topological polar surface area (TPSA) is 40.5 Å². The van der Waals surface area contributed by atoms with Crippen molar-refractivity contribution < 1.29 is 9.90 Å². The average Bonchev–Trinajstić information content (AvgIpc) is 2.49. The van der Waals surface area contributed by atoms with Crippen molar-refractivity contribution in [2.75, 3.05) is 19.6 Å². The summed E-state index contributed by atoms with van der Waals surface area (Å²) >= 11 is 0. The zero-order valence-corrected chi connectivity index (χ0v) is 13.5. The first-order valence-corrected chi connectivity index (χ1v) is 9.08. The summed E-state index contributed by atoms with van der Waals surface area (Å²) in [4.78, 5) is 14.7. The minimum absolute atomic E-state index is 0.262. The SMILES string of the molecule is CCC1CCC(=O)C(CN2CCC3(O)CCCCC3C2)C1. The van der Waals surface area contributed by atoms with Crippen molar-refractivity contribution in [3.63, 3.8) is 0 Å². The maximum atomic E-state index is 12.2. The van der Waals surface area contributed by atoms with Crippen LogP contribution >= 0.6 is 0 Å². The summed E-state index contributed by atoms with van der Waals surface area (Å²) in [6, 6.07) is 0. The lowest BCUT2D eigenvalue weighted by molar-refractivity contribution is -0.128. The van der Waals surface area contributed by atoms with E-state index in [1.165, 1.54) is 25.7 Å². The number of carbonyl (C=O) groups excluding carboxylic acids is 1. The third-order valence-corrected chi connectivity index (χ3v) is 6.44. The minimum atomic E-state index is -0.392. The van der Waals surface area contributed by atoms with Crippen LogP contribution in [0, 0.1) is 17.8 Å². The van der Waals surface area contributed by atoms with Crippen LogP contribution in [0.25, 0.3) is 0 Å². The average molecular weight is 293 g/mol. The van der Waals surface area contributed by atoms with Gasteiger partial charge in [0.05, 0.1) is 5.60 Å². The van der Waals surface area contributed by atoms with Gasteiger partial charge >= 0.3 is 0 Å². The summed E-state index contributed by atoms with van der Waals surface area (Å²) < 4.78 is 0. The summed E-state index contributed by atoms with van der Waals surface area (Å²) in [6.45, 7) is 5.19. The van der Waals surface area contributed by atoms with Gasteiger partial charge in [0, 0.05) is 37.9 Å². The Bertz CT molecular complexity index is 383. The van der Waals surface area contributed by atoms with E-state index in [0.29, 0.717) is 11.7 Å². The second-order valence-electron chi connectivity index (χ2n) is 7.77. The normalized spacial score (nSPS) is 41.8. The predicted octanol–water partition coefficient (Wildman–Crippen LogP) is 3.01. The summed E-state index contributed by atoms with van der Waals surface area (Å²) in [7, 11) is 0. The molecule has 1 N–H and O–H groups in total. The number of carbonyl (C=O) groups is 1. The van der Waals surface area contributed by atoms with Crippen molar-refractivity contribution in [1.82, 2.24) is 4.90 Å². The molecular formula is C18H31NO2. The Morgan fingerprint density at radius 2 is 2.14 bits per heavy atom. The fourth-order valence-corrected chi connectivity index (χ4v) is 4.87. The minimum Gasteiger partial charge on any atom is -0.390 e. The molecule has 2 saturated carbocycles. The molecule has 4 unspecified atom stereocenters. The molecule has 3 aliphatic rings. The molecule has 4 atom stereocenters. The van der Waals surface area contributed by atoms with Crippen molar-refractivity contribution in [1.29, 1.82) is 0 Å². The number of aliphatic hydroxyl groups is 1. The number of piperidine rings is 1. The lowest BCUT2D eigenvalue weighted by atomic mass is 9.71. The first-order valence-electron chi connectivity index (χ1n) is 9.08. The van der Waals surface area contributed by atoms with Gasteiger partial charge in [-0.3, -0.25) is 4.79 Å². The largest absolute Gasteiger partial charge is 0.390 e. The Morgan fingerprint density at radius 1 is 1.29 bits per heavy atom. The van der Waals surface area contributed by atoms with Gasteiger partial charge in [-0.1, -0.05) is 26.2 Å². The van der Waals surface area contributed by atoms with Crippen LogP contribution in [-0.2, 0) is 4.79 Å². The number of ketones is 1. The third-order valence-electron chi connectivity index (χ3n) is 6.44. The van der Waals surface area contributed by atoms with Crippen molar-refractivity contribution in [2.45, 2.75) is 70.3 Å². The van der Waals surface area contributed by atoms with Gasteiger partial charge in [0.2, 0.25) is 0 Å². The van der Waals surface area contributed by atoms with Crippen LogP contribution in [0.5, 0.6) is 0 Å². The molecule has 0 amide bonds. The smallest absolute Gasteiger partial charge is 0.137 e. The van der Waals surface area contributed by atoms with Gasteiger partial charge in [-0.25, -0.2) is 0 Å². The maximum Gasteiger partial charge on any atom is 0.137 e. The van der Waals surface area contributed by atoms with E-state index >= 15 is 0 Å². The van der Waals surface area contributed by atoms with Crippen LogP contribution in [0.3, 0.4) is 0 Å². The third kappa shape index (κ3) is 3.34. The van der Waals surface area contributed by atoms with Crippen LogP contribution < -0.4 is 0 Å². The quantitative estimate of drug-likeness (QED) is 0.869. The molecule has 0 radical (unpaired) electrons. The Balaban J connectivity index is 1.57. The molecule has 0 aromatic heterocycles. The lowest BCUT2D eigenvalue weighted by Gasteiger charge is -2.48. The van der Waals surface area contributed by atoms with Crippen molar-refractivity contribution in [3.8, 4) is 0 Å². The molecule has 120 valence electrons. The molecule has 0 spiro atoms. The van der Waals surface area contributed by atoms with E-state index < -0.39 is 5.60 Å². The van der Waals surface area contributed by atoms with Crippen LogP contribution in [0.2, 0.25) is 0 Å².